The Balaban J connectivity index is 0. The van der Waals surface area contributed by atoms with Crippen molar-refractivity contribution in [3.05, 3.63) is 36.2 Å². The van der Waals surface area contributed by atoms with Crippen molar-refractivity contribution in [1.82, 2.24) is 9.80 Å². The topological polar surface area (TPSA) is 98.9 Å². The second-order valence-electron chi connectivity index (χ2n) is 4.73. The predicted molar refractivity (Wildman–Crippen MR) is 74.1 cm³/mol. The zero-order valence-electron chi connectivity index (χ0n) is 13.4. The van der Waals surface area contributed by atoms with E-state index >= 15 is 0 Å². The summed E-state index contributed by atoms with van der Waals surface area (Å²) in [7, 11) is 7.39. The summed E-state index contributed by atoms with van der Waals surface area (Å²) >= 11 is 0. The molecule has 0 amide bonds. The minimum atomic E-state index is -4.69. The van der Waals surface area contributed by atoms with Gasteiger partial charge in [0.1, 0.15) is 14.1 Å². The third-order valence-electron chi connectivity index (χ3n) is 1.70. The molecule has 122 valence electrons. The summed E-state index contributed by atoms with van der Waals surface area (Å²) in [5.74, 6) is 0. The lowest BCUT2D eigenvalue weighted by Crippen LogP contribution is -2.58. The maximum absolute atomic E-state index is 8.60. The van der Waals surface area contributed by atoms with Gasteiger partial charge in [-0.15, -0.1) is 0 Å². The molecule has 0 fully saturated rings. The molecule has 1 N–H and O–H groups in total. The molecule has 0 aromatic rings. The summed E-state index contributed by atoms with van der Waals surface area (Å²) in [5.41, 5.74) is 1.16. The van der Waals surface area contributed by atoms with Crippen LogP contribution in [0.25, 0.3) is 0 Å². The first kappa shape index (κ1) is 21.9. The molecule has 0 aliphatic rings. The van der Waals surface area contributed by atoms with Crippen LogP contribution in [0.4, 0.5) is 0 Å². The van der Waals surface area contributed by atoms with Gasteiger partial charge in [-0.2, -0.15) is 14.0 Å². The molecule has 0 aliphatic heterocycles. The van der Waals surface area contributed by atoms with Gasteiger partial charge in [0, 0.05) is 34.3 Å². The molecule has 21 heavy (non-hydrogen) atoms. The van der Waals surface area contributed by atoms with Crippen molar-refractivity contribution < 1.29 is 33.5 Å². The molecular weight excluding hydrogens is 298 g/mol. The van der Waals surface area contributed by atoms with Gasteiger partial charge in [-0.25, -0.2) is 4.58 Å². The van der Waals surface area contributed by atoms with Crippen LogP contribution in [0.15, 0.2) is 36.2 Å². The molecule has 0 aromatic heterocycles. The van der Waals surface area contributed by atoms with Crippen molar-refractivity contribution >= 4 is 6.21 Å². The van der Waals surface area contributed by atoms with E-state index in [2.05, 4.69) is 18.2 Å². The molecule has 0 saturated heterocycles. The Labute approximate surface area is 128 Å². The molecule has 0 aliphatic carbocycles. The Morgan fingerprint density at radius 2 is 1.29 bits per heavy atom. The Morgan fingerprint density at radius 1 is 0.952 bits per heavy atom. The van der Waals surface area contributed by atoms with E-state index in [1.807, 2.05) is 75.3 Å². The SMILES string of the molecule is CN(C)/C=C/C(=CC=[N+](C)C)/C=C/N(C)C.[O-][Cl+3]([O-])([O-])O. The number of nitrogens with zero attached hydrogens (tertiary/aromatic N) is 3. The van der Waals surface area contributed by atoms with Gasteiger partial charge in [-0.3, -0.25) is 0 Å². The molecule has 0 spiro atoms. The van der Waals surface area contributed by atoms with E-state index in [1.165, 1.54) is 0 Å². The van der Waals surface area contributed by atoms with Crippen LogP contribution in [0, 0.1) is 10.2 Å². The molecule has 0 heterocycles. The first-order valence-corrected chi connectivity index (χ1v) is 7.22. The van der Waals surface area contributed by atoms with Crippen molar-refractivity contribution in [1.29, 1.82) is 0 Å². The van der Waals surface area contributed by atoms with Gasteiger partial charge in [0.15, 0.2) is 6.21 Å². The van der Waals surface area contributed by atoms with Crippen molar-refractivity contribution in [3.8, 4) is 0 Å². The van der Waals surface area contributed by atoms with Crippen LogP contribution in [0.5, 0.6) is 0 Å². The number of halogens is 1. The second kappa shape index (κ2) is 11.3. The third-order valence-corrected chi connectivity index (χ3v) is 1.70. The lowest BCUT2D eigenvalue weighted by atomic mass is 10.2. The smallest absolute Gasteiger partial charge is 0.163 e. The molecule has 0 aromatic carbocycles. The summed E-state index contributed by atoms with van der Waals surface area (Å²) in [5, 5.41) is 0. The van der Waals surface area contributed by atoms with E-state index in [0.29, 0.717) is 0 Å². The average molecular weight is 323 g/mol. The van der Waals surface area contributed by atoms with Gasteiger partial charge in [0.2, 0.25) is 0 Å². The zero-order chi connectivity index (χ0) is 17.1. The Kier molecular flexibility index (Phi) is 11.8. The Morgan fingerprint density at radius 3 is 1.52 bits per heavy atom. The fraction of sp³-hybridized carbons (Fsp3) is 0.462. The number of allylic oxidation sites excluding steroid dienone is 4. The molecule has 0 saturated carbocycles. The summed E-state index contributed by atoms with van der Waals surface area (Å²) in [6.07, 6.45) is 12.4. The van der Waals surface area contributed by atoms with Gasteiger partial charge in [0.25, 0.3) is 0 Å². The maximum Gasteiger partial charge on any atom is 0.163 e. The van der Waals surface area contributed by atoms with Gasteiger partial charge in [0.05, 0.1) is 14.9 Å². The molecule has 8 heteroatoms. The van der Waals surface area contributed by atoms with Crippen molar-refractivity contribution in [2.24, 2.45) is 0 Å². The van der Waals surface area contributed by atoms with Crippen LogP contribution in [0.1, 0.15) is 0 Å². The summed E-state index contributed by atoms with van der Waals surface area (Å²) in [6, 6.07) is 0. The van der Waals surface area contributed by atoms with E-state index in [-0.39, 0.29) is 0 Å². The molecule has 7 nitrogen and oxygen atoms in total. The standard InChI is InChI=1S/C13H24N3.ClHO4/c1-14(2)10-7-13(8-11-15(3)4)9-12-16(5)6;2-1(3,4)5/h7-12H,1-6H3;(H,2,3,4,5)/q+1;. The lowest BCUT2D eigenvalue weighted by molar-refractivity contribution is -1.92. The van der Waals surface area contributed by atoms with Gasteiger partial charge in [-0.05, 0) is 30.1 Å². The van der Waals surface area contributed by atoms with Crippen molar-refractivity contribution in [2.45, 2.75) is 0 Å². The second-order valence-corrected chi connectivity index (χ2v) is 5.53. The summed E-state index contributed by atoms with van der Waals surface area (Å²) < 4.78 is 34.7. The first-order chi connectivity index (χ1) is 9.41. The predicted octanol–water partition coefficient (Wildman–Crippen LogP) is -2.72. The highest BCUT2D eigenvalue weighted by atomic mass is 35.7. The van der Waals surface area contributed by atoms with E-state index in [0.717, 1.165) is 5.57 Å². The summed E-state index contributed by atoms with van der Waals surface area (Å²) in [6.45, 7) is 0. The van der Waals surface area contributed by atoms with Crippen LogP contribution in [0.2, 0.25) is 0 Å². The molecule has 0 unspecified atom stereocenters. The highest BCUT2D eigenvalue weighted by Gasteiger charge is 1.98. The number of rotatable bonds is 5. The molecule has 0 atom stereocenters. The highest BCUT2D eigenvalue weighted by molar-refractivity contribution is 5.69. The van der Waals surface area contributed by atoms with Crippen LogP contribution in [-0.2, 0) is 0 Å². The number of hydrogen-bond acceptors (Lipinski definition) is 6. The van der Waals surface area contributed by atoms with E-state index in [9.17, 15) is 0 Å². The quantitative estimate of drug-likeness (QED) is 0.335. The fourth-order valence-corrected chi connectivity index (χ4v) is 0.872. The average Bonchev–Trinajstić information content (AvgIpc) is 2.24. The highest BCUT2D eigenvalue weighted by Crippen LogP contribution is 1.99. The van der Waals surface area contributed by atoms with Crippen molar-refractivity contribution in [3.63, 3.8) is 0 Å². The molecule has 0 rings (SSSR count). The third kappa shape index (κ3) is 27.7. The molecule has 0 bridgehead atoms. The van der Waals surface area contributed by atoms with Crippen molar-refractivity contribution in [2.75, 3.05) is 42.3 Å². The summed E-state index contributed by atoms with van der Waals surface area (Å²) in [4.78, 5) is 4.04. The van der Waals surface area contributed by atoms with Crippen LogP contribution in [0.3, 0.4) is 0 Å². The van der Waals surface area contributed by atoms with Crippen LogP contribution < -0.4 is 14.0 Å². The lowest BCUT2D eigenvalue weighted by Gasteiger charge is -2.05. The minimum absolute atomic E-state index is 1.16. The van der Waals surface area contributed by atoms with E-state index < -0.39 is 10.2 Å². The Hall–Kier alpha value is -1.38. The molecule has 0 radical (unpaired) electrons. The maximum atomic E-state index is 8.60. The minimum Gasteiger partial charge on any atom is -0.383 e. The monoisotopic (exact) mass is 322 g/mol. The fourth-order valence-electron chi connectivity index (χ4n) is 0.872. The molecular formula is C13H25ClN3O4+. The van der Waals surface area contributed by atoms with Gasteiger partial charge in [-0.1, -0.05) is 0 Å². The van der Waals surface area contributed by atoms with Crippen LogP contribution >= 0.6 is 0 Å². The first-order valence-electron chi connectivity index (χ1n) is 5.96. The van der Waals surface area contributed by atoms with Gasteiger partial charge < -0.3 is 9.80 Å². The van der Waals surface area contributed by atoms with Crippen LogP contribution in [-0.4, -0.2) is 67.5 Å². The zero-order valence-corrected chi connectivity index (χ0v) is 14.1. The largest absolute Gasteiger partial charge is 0.383 e. The van der Waals surface area contributed by atoms with E-state index in [1.54, 1.807) is 0 Å². The normalized spacial score (nSPS) is 11.0. The number of hydrogen-bond donors (Lipinski definition) is 1. The van der Waals surface area contributed by atoms with Gasteiger partial charge >= 0.3 is 0 Å². The van der Waals surface area contributed by atoms with E-state index in [4.69, 9.17) is 18.6 Å². The Bertz CT molecular complexity index is 367.